The van der Waals surface area contributed by atoms with Gasteiger partial charge in [0.1, 0.15) is 11.3 Å². The normalized spacial score (nSPS) is 19.2. The van der Waals surface area contributed by atoms with Crippen molar-refractivity contribution in [3.63, 3.8) is 0 Å². The van der Waals surface area contributed by atoms with Crippen molar-refractivity contribution in [2.75, 3.05) is 12.4 Å². The summed E-state index contributed by atoms with van der Waals surface area (Å²) in [6.07, 6.45) is 0.141. The number of alkyl halides is 3. The van der Waals surface area contributed by atoms with E-state index >= 15 is 0 Å². The third-order valence-corrected chi connectivity index (χ3v) is 7.17. The van der Waals surface area contributed by atoms with E-state index in [1.165, 1.54) is 32.9 Å². The first-order valence-electron chi connectivity index (χ1n) is 11.9. The quantitative estimate of drug-likeness (QED) is 0.211. The van der Waals surface area contributed by atoms with Gasteiger partial charge in [0, 0.05) is 10.5 Å². The number of unbranched alkanes of at least 4 members (excludes halogenated alkanes) is 5. The fourth-order valence-electron chi connectivity index (χ4n) is 4.05. The Bertz CT molecular complexity index is 957. The van der Waals surface area contributed by atoms with Crippen LogP contribution in [0.2, 0.25) is 0 Å². The van der Waals surface area contributed by atoms with E-state index in [-0.39, 0.29) is 17.1 Å². The summed E-state index contributed by atoms with van der Waals surface area (Å²) in [5.74, 6) is -1.32. The molecule has 1 fully saturated rings. The van der Waals surface area contributed by atoms with Crippen LogP contribution >= 0.6 is 11.8 Å². The predicted molar refractivity (Wildman–Crippen MR) is 129 cm³/mol. The number of ether oxygens (including phenoxy) is 1. The lowest BCUT2D eigenvalue weighted by atomic mass is 10.0. The lowest BCUT2D eigenvalue weighted by Crippen LogP contribution is -2.63. The zero-order valence-corrected chi connectivity index (χ0v) is 21.8. The molecule has 0 radical (unpaired) electrons. The second-order valence-electron chi connectivity index (χ2n) is 9.36. The number of carbonyl (C=O) groups is 3. The third kappa shape index (κ3) is 7.28. The number of benzene rings is 1. The van der Waals surface area contributed by atoms with Crippen molar-refractivity contribution in [3.05, 3.63) is 29.3 Å². The van der Waals surface area contributed by atoms with E-state index in [0.717, 1.165) is 61.3 Å². The number of hydrazine groups is 1. The maximum atomic E-state index is 13.7. The minimum atomic E-state index is -4.66. The van der Waals surface area contributed by atoms with Crippen LogP contribution in [0.3, 0.4) is 0 Å². The molecule has 0 saturated carbocycles. The molecule has 1 unspecified atom stereocenters. The van der Waals surface area contributed by atoms with Gasteiger partial charge in [0.15, 0.2) is 0 Å². The highest BCUT2D eigenvalue weighted by atomic mass is 32.2. The molecule has 1 heterocycles. The minimum Gasteiger partial charge on any atom is -0.465 e. The van der Waals surface area contributed by atoms with Crippen molar-refractivity contribution in [1.29, 1.82) is 0 Å². The Morgan fingerprint density at radius 2 is 1.72 bits per heavy atom. The number of rotatable bonds is 10. The first-order valence-corrected chi connectivity index (χ1v) is 12.8. The monoisotopic (exact) mass is 533 g/mol. The Balaban J connectivity index is 2.04. The molecule has 1 atom stereocenters. The van der Waals surface area contributed by atoms with Crippen LogP contribution < -0.4 is 10.9 Å². The maximum absolute atomic E-state index is 13.7. The molecule has 3 amide bonds. The molecule has 36 heavy (non-hydrogen) atoms. The largest absolute Gasteiger partial charge is 0.465 e. The summed E-state index contributed by atoms with van der Waals surface area (Å²) in [6, 6.07) is 3.26. The summed E-state index contributed by atoms with van der Waals surface area (Å²) in [7, 11) is 0. The lowest BCUT2D eigenvalue weighted by molar-refractivity contribution is -0.139. The van der Waals surface area contributed by atoms with Crippen molar-refractivity contribution < 1.29 is 37.4 Å². The number of amides is 3. The zero-order chi connectivity index (χ0) is 27.1. The number of nitrogens with one attached hydrogen (secondary N) is 2. The molecule has 1 saturated heterocycles. The van der Waals surface area contributed by atoms with Crippen LogP contribution in [0.5, 0.6) is 0 Å². The van der Waals surface area contributed by atoms with E-state index in [9.17, 15) is 32.7 Å². The van der Waals surface area contributed by atoms with E-state index < -0.39 is 40.9 Å². The van der Waals surface area contributed by atoms with Crippen LogP contribution in [0.25, 0.3) is 0 Å². The van der Waals surface area contributed by atoms with Gasteiger partial charge >= 0.3 is 12.3 Å². The molecule has 12 heteroatoms. The average Bonchev–Trinajstić information content (AvgIpc) is 3.05. The highest BCUT2D eigenvalue weighted by molar-refractivity contribution is 7.99. The first kappa shape index (κ1) is 29.8. The van der Waals surface area contributed by atoms with E-state index in [0.29, 0.717) is 5.75 Å². The topological polar surface area (TPSA) is 108 Å². The Kier molecular flexibility index (Phi) is 10.1. The summed E-state index contributed by atoms with van der Waals surface area (Å²) in [6.45, 7) is 6.13. The van der Waals surface area contributed by atoms with Crippen LogP contribution in [0.4, 0.5) is 18.0 Å². The summed E-state index contributed by atoms with van der Waals surface area (Å²) < 4.78 is 46.4. The van der Waals surface area contributed by atoms with Crippen molar-refractivity contribution in [3.8, 4) is 0 Å². The SMILES string of the molecule is CCCCCCCCSc1ccc(C(=O)NNC(=O)C2(C)COC(C)(C)N2C(=O)O)cc1C(F)(F)F. The number of carboxylic acid groups (broad SMARTS) is 1. The van der Waals surface area contributed by atoms with Gasteiger partial charge in [-0.3, -0.25) is 25.3 Å². The van der Waals surface area contributed by atoms with Crippen molar-refractivity contribution in [1.82, 2.24) is 15.8 Å². The zero-order valence-electron chi connectivity index (χ0n) is 21.0. The standard InChI is InChI=1S/C24H34F3N3O5S/c1-5-6-7-8-9-10-13-36-18-12-11-16(14-17(18)24(25,26)27)19(31)28-29-20(32)23(4)15-35-22(2,3)30(23)21(33)34/h11-12,14H,5-10,13,15H2,1-4H3,(H,28,31)(H,29,32)(H,33,34). The second kappa shape index (κ2) is 12.2. The molecule has 0 bridgehead atoms. The third-order valence-electron chi connectivity index (χ3n) is 6.01. The van der Waals surface area contributed by atoms with Crippen LogP contribution in [0, 0.1) is 0 Å². The average molecular weight is 534 g/mol. The molecular formula is C24H34F3N3O5S. The van der Waals surface area contributed by atoms with Gasteiger partial charge in [0.25, 0.3) is 11.8 Å². The molecule has 1 aliphatic heterocycles. The number of thioether (sulfide) groups is 1. The number of hydrogen-bond donors (Lipinski definition) is 3. The Labute approximate surface area is 213 Å². The van der Waals surface area contributed by atoms with Gasteiger partial charge in [-0.2, -0.15) is 13.2 Å². The maximum Gasteiger partial charge on any atom is 0.417 e. The molecule has 0 aromatic heterocycles. The van der Waals surface area contributed by atoms with Crippen molar-refractivity contribution >= 4 is 29.7 Å². The number of hydrogen-bond acceptors (Lipinski definition) is 5. The molecule has 0 aliphatic carbocycles. The summed E-state index contributed by atoms with van der Waals surface area (Å²) in [5, 5.41) is 9.52. The van der Waals surface area contributed by atoms with Crippen LogP contribution in [-0.4, -0.2) is 51.5 Å². The lowest BCUT2D eigenvalue weighted by Gasteiger charge is -2.36. The number of carbonyl (C=O) groups excluding carboxylic acids is 2. The molecule has 0 spiro atoms. The van der Waals surface area contributed by atoms with Crippen LogP contribution in [0.1, 0.15) is 82.1 Å². The molecule has 1 aliphatic rings. The van der Waals surface area contributed by atoms with Gasteiger partial charge in [-0.15, -0.1) is 11.8 Å². The molecule has 8 nitrogen and oxygen atoms in total. The number of nitrogens with zero attached hydrogens (tertiary/aromatic N) is 1. The highest BCUT2D eigenvalue weighted by Crippen LogP contribution is 2.38. The fraction of sp³-hybridized carbons (Fsp3) is 0.625. The molecule has 202 valence electrons. The van der Waals surface area contributed by atoms with Crippen molar-refractivity contribution in [2.45, 2.75) is 88.6 Å². The smallest absolute Gasteiger partial charge is 0.417 e. The van der Waals surface area contributed by atoms with E-state index in [2.05, 4.69) is 17.8 Å². The Hall–Kier alpha value is -2.47. The van der Waals surface area contributed by atoms with Gasteiger partial charge in [-0.1, -0.05) is 39.0 Å². The van der Waals surface area contributed by atoms with Gasteiger partial charge in [0.2, 0.25) is 0 Å². The Morgan fingerprint density at radius 3 is 2.33 bits per heavy atom. The fourth-order valence-corrected chi connectivity index (χ4v) is 5.12. The summed E-state index contributed by atoms with van der Waals surface area (Å²) in [4.78, 5) is 37.8. The molecule has 3 N–H and O–H groups in total. The predicted octanol–water partition coefficient (Wildman–Crippen LogP) is 5.42. The molecule has 1 aromatic carbocycles. The van der Waals surface area contributed by atoms with Crippen LogP contribution in [-0.2, 0) is 15.7 Å². The van der Waals surface area contributed by atoms with E-state index in [1.54, 1.807) is 0 Å². The molecular weight excluding hydrogens is 499 g/mol. The Morgan fingerprint density at radius 1 is 1.08 bits per heavy atom. The highest BCUT2D eigenvalue weighted by Gasteiger charge is 2.56. The van der Waals surface area contributed by atoms with Gasteiger partial charge in [-0.25, -0.2) is 4.79 Å². The van der Waals surface area contributed by atoms with Gasteiger partial charge in [0.05, 0.1) is 12.2 Å². The molecule has 1 aromatic rings. The molecule has 2 rings (SSSR count). The summed E-state index contributed by atoms with van der Waals surface area (Å²) >= 11 is 1.10. The van der Waals surface area contributed by atoms with Crippen LogP contribution in [0.15, 0.2) is 23.1 Å². The number of halogens is 3. The van der Waals surface area contributed by atoms with Gasteiger partial charge in [-0.05, 0) is 51.1 Å². The summed E-state index contributed by atoms with van der Waals surface area (Å²) in [5.41, 5.74) is 0.0250. The minimum absolute atomic E-state index is 0.0339. The second-order valence-corrected chi connectivity index (χ2v) is 10.5. The van der Waals surface area contributed by atoms with E-state index in [4.69, 9.17) is 4.74 Å². The van der Waals surface area contributed by atoms with Gasteiger partial charge < -0.3 is 9.84 Å². The first-order chi connectivity index (χ1) is 16.7. The van der Waals surface area contributed by atoms with E-state index in [1.807, 2.05) is 0 Å². The van der Waals surface area contributed by atoms with Crippen molar-refractivity contribution in [2.24, 2.45) is 0 Å².